The molecule has 62 valence electrons. The Kier molecular flexibility index (Phi) is 1.40. The molecule has 1 aliphatic rings. The summed E-state index contributed by atoms with van der Waals surface area (Å²) in [6, 6.07) is 0. The van der Waals surface area contributed by atoms with E-state index in [9.17, 15) is 4.79 Å². The van der Waals surface area contributed by atoms with Crippen LogP contribution in [0, 0.1) is 0 Å². The van der Waals surface area contributed by atoms with E-state index in [-0.39, 0.29) is 0 Å². The van der Waals surface area contributed by atoms with E-state index in [2.05, 4.69) is 10.3 Å². The third-order valence-corrected chi connectivity index (χ3v) is 1.85. The summed E-state index contributed by atoms with van der Waals surface area (Å²) in [5.74, 6) is -0.890. The first-order valence-corrected chi connectivity index (χ1v) is 3.63. The predicted molar refractivity (Wildman–Crippen MR) is 43.9 cm³/mol. The molecule has 2 rings (SSSR count). The standard InChI is InChI=1S/C8H8N2O2/c11-8(12)6-3-10-7-4-9-2-1-5(6)7/h1,3-4,9-10H,2H2,(H,11,12). The van der Waals surface area contributed by atoms with E-state index in [0.717, 1.165) is 10.6 Å². The molecule has 0 aliphatic carbocycles. The fourth-order valence-electron chi connectivity index (χ4n) is 1.29. The van der Waals surface area contributed by atoms with Crippen LogP contribution in [0.2, 0.25) is 0 Å². The molecule has 0 amide bonds. The molecular weight excluding hydrogens is 156 g/mol. The van der Waals surface area contributed by atoms with Gasteiger partial charge < -0.3 is 15.4 Å². The topological polar surface area (TPSA) is 65.1 Å². The van der Waals surface area contributed by atoms with Gasteiger partial charge >= 0.3 is 5.97 Å². The van der Waals surface area contributed by atoms with E-state index in [1.165, 1.54) is 6.20 Å². The number of aromatic amines is 1. The van der Waals surface area contributed by atoms with E-state index in [4.69, 9.17) is 5.11 Å². The molecule has 0 aromatic carbocycles. The molecule has 1 aliphatic heterocycles. The quantitative estimate of drug-likeness (QED) is 0.490. The van der Waals surface area contributed by atoms with Gasteiger partial charge in [-0.15, -0.1) is 0 Å². The molecule has 0 spiro atoms. The second-order valence-corrected chi connectivity index (χ2v) is 2.59. The summed E-state index contributed by atoms with van der Waals surface area (Å²) in [7, 11) is 0. The molecule has 0 radical (unpaired) electrons. The van der Waals surface area contributed by atoms with Crippen molar-refractivity contribution in [2.24, 2.45) is 0 Å². The Hall–Kier alpha value is -1.71. The van der Waals surface area contributed by atoms with Crippen molar-refractivity contribution in [1.29, 1.82) is 0 Å². The Bertz CT molecular complexity index is 430. The predicted octanol–water partition coefficient (Wildman–Crippen LogP) is -1.17. The minimum absolute atomic E-state index is 0.336. The first kappa shape index (κ1) is 6.97. The smallest absolute Gasteiger partial charge is 0.337 e. The normalized spacial score (nSPS) is 13.7. The van der Waals surface area contributed by atoms with Crippen LogP contribution in [-0.4, -0.2) is 22.6 Å². The van der Waals surface area contributed by atoms with Crippen molar-refractivity contribution in [2.45, 2.75) is 0 Å². The molecular formula is C8H8N2O2. The van der Waals surface area contributed by atoms with Gasteiger partial charge in [0, 0.05) is 24.2 Å². The highest BCUT2D eigenvalue weighted by Crippen LogP contribution is 1.86. The third-order valence-electron chi connectivity index (χ3n) is 1.85. The Labute approximate surface area is 68.2 Å². The number of carboxylic acids is 1. The molecule has 4 nitrogen and oxygen atoms in total. The molecule has 3 N–H and O–H groups in total. The van der Waals surface area contributed by atoms with Crippen LogP contribution in [0.4, 0.5) is 0 Å². The first-order valence-electron chi connectivity index (χ1n) is 3.63. The van der Waals surface area contributed by atoms with E-state index < -0.39 is 5.97 Å². The number of aromatic nitrogens is 1. The van der Waals surface area contributed by atoms with Gasteiger partial charge in [-0.25, -0.2) is 4.79 Å². The molecule has 0 saturated heterocycles. The van der Waals surface area contributed by atoms with Crippen LogP contribution in [-0.2, 0) is 0 Å². The maximum atomic E-state index is 10.7. The van der Waals surface area contributed by atoms with Crippen molar-refractivity contribution in [2.75, 3.05) is 6.54 Å². The largest absolute Gasteiger partial charge is 0.478 e. The molecule has 0 fully saturated rings. The molecule has 0 atom stereocenters. The second kappa shape index (κ2) is 2.41. The highest BCUT2D eigenvalue weighted by atomic mass is 16.4. The van der Waals surface area contributed by atoms with Gasteiger partial charge in [0.15, 0.2) is 0 Å². The fourth-order valence-corrected chi connectivity index (χ4v) is 1.29. The molecule has 0 unspecified atom stereocenters. The summed E-state index contributed by atoms with van der Waals surface area (Å²) in [5.41, 5.74) is 0.336. The van der Waals surface area contributed by atoms with Crippen LogP contribution < -0.4 is 15.9 Å². The number of fused-ring (bicyclic) bond motifs is 1. The number of H-pyrrole nitrogens is 1. The summed E-state index contributed by atoms with van der Waals surface area (Å²) in [4.78, 5) is 13.5. The van der Waals surface area contributed by atoms with Gasteiger partial charge in [-0.3, -0.25) is 0 Å². The van der Waals surface area contributed by atoms with Crippen LogP contribution in [0.5, 0.6) is 0 Å². The average Bonchev–Trinajstić information content (AvgIpc) is 2.47. The zero-order chi connectivity index (χ0) is 8.55. The van der Waals surface area contributed by atoms with Crippen LogP contribution in [0.25, 0.3) is 12.3 Å². The van der Waals surface area contributed by atoms with Crippen LogP contribution >= 0.6 is 0 Å². The molecule has 2 heterocycles. The monoisotopic (exact) mass is 164 g/mol. The number of rotatable bonds is 1. The van der Waals surface area contributed by atoms with Crippen molar-refractivity contribution in [3.8, 4) is 0 Å². The van der Waals surface area contributed by atoms with Gasteiger partial charge in [-0.05, 0) is 0 Å². The number of aromatic carboxylic acids is 1. The Morgan fingerprint density at radius 1 is 1.58 bits per heavy atom. The highest BCUT2D eigenvalue weighted by molar-refractivity contribution is 5.88. The molecule has 4 heteroatoms. The minimum Gasteiger partial charge on any atom is -0.478 e. The van der Waals surface area contributed by atoms with Crippen LogP contribution in [0.3, 0.4) is 0 Å². The van der Waals surface area contributed by atoms with Gasteiger partial charge in [0.1, 0.15) is 0 Å². The zero-order valence-corrected chi connectivity index (χ0v) is 6.29. The summed E-state index contributed by atoms with van der Waals surface area (Å²) >= 11 is 0. The molecule has 0 saturated carbocycles. The number of carbonyl (C=O) groups is 1. The Morgan fingerprint density at radius 3 is 3.17 bits per heavy atom. The van der Waals surface area contributed by atoms with E-state index in [1.54, 1.807) is 6.20 Å². The lowest BCUT2D eigenvalue weighted by Crippen LogP contribution is -2.34. The summed E-state index contributed by atoms with van der Waals surface area (Å²) in [6.07, 6.45) is 5.14. The van der Waals surface area contributed by atoms with E-state index in [1.807, 2.05) is 6.08 Å². The van der Waals surface area contributed by atoms with Crippen molar-refractivity contribution in [1.82, 2.24) is 10.3 Å². The SMILES string of the molecule is O=C(O)c1c[nH]c2c1=CCNC=2. The lowest BCUT2D eigenvalue weighted by atomic mass is 10.2. The Morgan fingerprint density at radius 2 is 2.42 bits per heavy atom. The summed E-state index contributed by atoms with van der Waals surface area (Å²) in [5, 5.41) is 13.4. The van der Waals surface area contributed by atoms with Gasteiger partial charge in [0.2, 0.25) is 0 Å². The highest BCUT2D eigenvalue weighted by Gasteiger charge is 2.07. The number of carboxylic acid groups (broad SMARTS) is 1. The first-order chi connectivity index (χ1) is 5.79. The summed E-state index contributed by atoms with van der Waals surface area (Å²) in [6.45, 7) is 0.686. The average molecular weight is 164 g/mol. The van der Waals surface area contributed by atoms with Crippen molar-refractivity contribution in [3.63, 3.8) is 0 Å². The minimum atomic E-state index is -0.890. The lowest BCUT2D eigenvalue weighted by Gasteiger charge is -1.98. The van der Waals surface area contributed by atoms with Crippen molar-refractivity contribution >= 4 is 18.2 Å². The second-order valence-electron chi connectivity index (χ2n) is 2.59. The number of hydrogen-bond acceptors (Lipinski definition) is 2. The number of hydrogen-bond donors (Lipinski definition) is 3. The van der Waals surface area contributed by atoms with Crippen molar-refractivity contribution in [3.05, 3.63) is 22.3 Å². The molecule has 1 aromatic rings. The van der Waals surface area contributed by atoms with E-state index in [0.29, 0.717) is 12.1 Å². The molecule has 12 heavy (non-hydrogen) atoms. The Balaban J connectivity index is 2.76. The van der Waals surface area contributed by atoms with Gasteiger partial charge in [-0.2, -0.15) is 0 Å². The molecule has 1 aromatic heterocycles. The fraction of sp³-hybridized carbons (Fsp3) is 0.125. The summed E-state index contributed by atoms with van der Waals surface area (Å²) < 4.78 is 0. The van der Waals surface area contributed by atoms with E-state index >= 15 is 0 Å². The lowest BCUT2D eigenvalue weighted by molar-refractivity contribution is 0.0696. The van der Waals surface area contributed by atoms with Crippen molar-refractivity contribution < 1.29 is 9.90 Å². The maximum absolute atomic E-state index is 10.7. The number of nitrogens with one attached hydrogen (secondary N) is 2. The van der Waals surface area contributed by atoms with Crippen LogP contribution in [0.15, 0.2) is 6.20 Å². The third kappa shape index (κ3) is 0.887. The zero-order valence-electron chi connectivity index (χ0n) is 6.29. The van der Waals surface area contributed by atoms with Gasteiger partial charge in [0.25, 0.3) is 0 Å². The molecule has 0 bridgehead atoms. The van der Waals surface area contributed by atoms with Gasteiger partial charge in [-0.1, -0.05) is 6.08 Å². The maximum Gasteiger partial charge on any atom is 0.337 e. The van der Waals surface area contributed by atoms with Gasteiger partial charge in [0.05, 0.1) is 10.9 Å². The van der Waals surface area contributed by atoms with Crippen LogP contribution in [0.1, 0.15) is 10.4 Å².